The van der Waals surface area contributed by atoms with Crippen LogP contribution in [0.5, 0.6) is 0 Å². The van der Waals surface area contributed by atoms with E-state index in [2.05, 4.69) is 173 Å². The lowest BCUT2D eigenvalue weighted by molar-refractivity contribution is -0.665. The van der Waals surface area contributed by atoms with Crippen LogP contribution in [0.4, 0.5) is 0 Å². The summed E-state index contributed by atoms with van der Waals surface area (Å²) in [6, 6.07) is 47.3. The number of aromatic nitrogens is 3. The number of pyridine rings is 1. The fourth-order valence-electron chi connectivity index (χ4n) is 8.60. The fourth-order valence-corrected chi connectivity index (χ4v) is 8.60. The molecule has 2 aliphatic rings. The molecular formula is C43H32N3+. The van der Waals surface area contributed by atoms with Crippen molar-refractivity contribution < 1.29 is 4.57 Å². The fraction of sp³-hybridized carbons (Fsp3) is 0.0930. The molecule has 1 aliphatic heterocycles. The van der Waals surface area contributed by atoms with Crippen molar-refractivity contribution in [3.05, 3.63) is 162 Å². The van der Waals surface area contributed by atoms with Gasteiger partial charge in [0.2, 0.25) is 0 Å². The molecule has 0 saturated heterocycles. The van der Waals surface area contributed by atoms with Gasteiger partial charge in [-0.3, -0.25) is 0 Å². The summed E-state index contributed by atoms with van der Waals surface area (Å²) in [5.41, 5.74) is 14.3. The Hall–Kier alpha value is -5.67. The molecule has 0 saturated carbocycles. The first-order chi connectivity index (χ1) is 22.7. The van der Waals surface area contributed by atoms with Gasteiger partial charge in [-0.05, 0) is 52.9 Å². The van der Waals surface area contributed by atoms with Gasteiger partial charge in [0.15, 0.2) is 0 Å². The van der Waals surface area contributed by atoms with Gasteiger partial charge in [0.1, 0.15) is 11.2 Å². The second-order valence-electron chi connectivity index (χ2n) is 12.8. The Morgan fingerprint density at radius 1 is 0.587 bits per heavy atom. The first-order valence-corrected chi connectivity index (χ1v) is 16.2. The lowest BCUT2D eigenvalue weighted by Gasteiger charge is -2.31. The highest BCUT2D eigenvalue weighted by atomic mass is 15.2. The van der Waals surface area contributed by atoms with Gasteiger partial charge >= 0.3 is 0 Å². The SMILES string of the molecule is Cc1cccc2c3c(n(-c4cccc[n+]4C)c12)C1c2ccccc2-c2ccccc2-c2cccc4c5ccccc5n(c24)C1C=C3. The summed E-state index contributed by atoms with van der Waals surface area (Å²) in [6.45, 7) is 2.25. The molecule has 10 rings (SSSR count). The minimum absolute atomic E-state index is 0.0430. The predicted octanol–water partition coefficient (Wildman–Crippen LogP) is 9.92. The van der Waals surface area contributed by atoms with E-state index in [1.165, 1.54) is 77.3 Å². The number of rotatable bonds is 1. The van der Waals surface area contributed by atoms with Gasteiger partial charge in [-0.2, -0.15) is 4.57 Å². The summed E-state index contributed by atoms with van der Waals surface area (Å²) in [5, 5.41) is 3.90. The summed E-state index contributed by atoms with van der Waals surface area (Å²) in [4.78, 5) is 0. The molecule has 2 unspecified atom stereocenters. The molecular weight excluding hydrogens is 558 g/mol. The standard InChI is InChI=1S/C43H32N3/c1-27-13-11-19-35-36-24-25-38-40(43(36)46(41(27)35)39-23-9-10-26-44(39)2)32-18-6-5-15-29(32)28-14-3-4-16-30(28)33-20-12-21-34-31-17-7-8-22-37(31)45(38)42(33)34/h3-26,38,40H,1-2H3/q+1. The summed E-state index contributed by atoms with van der Waals surface area (Å²) in [7, 11) is 2.16. The first-order valence-electron chi connectivity index (χ1n) is 16.2. The Kier molecular flexibility index (Phi) is 5.25. The number of nitrogens with zero attached hydrogens (tertiary/aromatic N) is 3. The number of fused-ring (bicyclic) bond motifs is 14. The maximum atomic E-state index is 2.66. The van der Waals surface area contributed by atoms with Crippen LogP contribution >= 0.6 is 0 Å². The summed E-state index contributed by atoms with van der Waals surface area (Å²) >= 11 is 0. The molecule has 2 atom stereocenters. The smallest absolute Gasteiger partial charge is 0.286 e. The Bertz CT molecular complexity index is 2580. The van der Waals surface area contributed by atoms with Crippen LogP contribution in [-0.2, 0) is 7.05 Å². The van der Waals surface area contributed by atoms with E-state index < -0.39 is 0 Å². The highest BCUT2D eigenvalue weighted by Gasteiger charge is 2.41. The van der Waals surface area contributed by atoms with Gasteiger partial charge in [-0.25, -0.2) is 4.57 Å². The second-order valence-corrected chi connectivity index (χ2v) is 12.8. The zero-order chi connectivity index (χ0) is 30.5. The maximum Gasteiger partial charge on any atom is 0.286 e. The molecule has 0 fully saturated rings. The number of allylic oxidation sites excluding steroid dienone is 1. The number of hydrogen-bond acceptors (Lipinski definition) is 0. The van der Waals surface area contributed by atoms with Crippen molar-refractivity contribution in [2.24, 2.45) is 7.05 Å². The summed E-state index contributed by atoms with van der Waals surface area (Å²) in [5.74, 6) is 1.21. The monoisotopic (exact) mass is 590 g/mol. The Labute approximate surface area is 267 Å². The molecule has 46 heavy (non-hydrogen) atoms. The van der Waals surface area contributed by atoms with Gasteiger partial charge in [0.25, 0.3) is 5.82 Å². The Morgan fingerprint density at radius 2 is 1.26 bits per heavy atom. The minimum Gasteiger partial charge on any atom is -0.332 e. The third kappa shape index (κ3) is 3.29. The normalized spacial score (nSPS) is 16.4. The van der Waals surface area contributed by atoms with E-state index in [9.17, 15) is 0 Å². The molecule has 0 spiro atoms. The third-order valence-electron chi connectivity index (χ3n) is 10.5. The van der Waals surface area contributed by atoms with E-state index in [0.717, 1.165) is 5.82 Å². The molecule has 0 amide bonds. The summed E-state index contributed by atoms with van der Waals surface area (Å²) in [6.07, 6.45) is 7.06. The maximum absolute atomic E-state index is 2.66. The predicted molar refractivity (Wildman–Crippen MR) is 189 cm³/mol. The van der Waals surface area contributed by atoms with E-state index in [4.69, 9.17) is 0 Å². The highest BCUT2D eigenvalue weighted by Crippen LogP contribution is 2.53. The average Bonchev–Trinajstić information content (AvgIpc) is 3.63. The largest absolute Gasteiger partial charge is 0.332 e. The van der Waals surface area contributed by atoms with Crippen LogP contribution in [-0.4, -0.2) is 9.13 Å². The van der Waals surface area contributed by atoms with Crippen LogP contribution in [0.25, 0.3) is 66.9 Å². The molecule has 0 bridgehead atoms. The lowest BCUT2D eigenvalue weighted by atomic mass is 9.78. The topological polar surface area (TPSA) is 13.7 Å². The van der Waals surface area contributed by atoms with E-state index in [1.54, 1.807) is 0 Å². The van der Waals surface area contributed by atoms with Crippen LogP contribution in [0, 0.1) is 6.92 Å². The average molecular weight is 591 g/mol. The molecule has 5 aromatic carbocycles. The zero-order valence-corrected chi connectivity index (χ0v) is 25.9. The molecule has 3 aromatic heterocycles. The zero-order valence-electron chi connectivity index (χ0n) is 25.9. The highest BCUT2D eigenvalue weighted by molar-refractivity contribution is 6.14. The van der Waals surface area contributed by atoms with Gasteiger partial charge in [0.05, 0.1) is 30.7 Å². The van der Waals surface area contributed by atoms with Gasteiger partial charge in [-0.15, -0.1) is 0 Å². The molecule has 1 aliphatic carbocycles. The number of para-hydroxylation sites is 3. The Balaban J connectivity index is 1.45. The van der Waals surface area contributed by atoms with Crippen LogP contribution in [0.3, 0.4) is 0 Å². The number of aryl methyl sites for hydroxylation is 2. The van der Waals surface area contributed by atoms with Crippen LogP contribution < -0.4 is 4.57 Å². The number of benzene rings is 5. The van der Waals surface area contributed by atoms with Crippen molar-refractivity contribution in [3.63, 3.8) is 0 Å². The van der Waals surface area contributed by atoms with E-state index in [1.807, 2.05) is 0 Å². The van der Waals surface area contributed by atoms with Crippen LogP contribution in [0.2, 0.25) is 0 Å². The molecule has 0 N–H and O–H groups in total. The van der Waals surface area contributed by atoms with Crippen molar-refractivity contribution in [2.75, 3.05) is 0 Å². The molecule has 0 radical (unpaired) electrons. The van der Waals surface area contributed by atoms with Crippen molar-refractivity contribution in [1.82, 2.24) is 9.13 Å². The van der Waals surface area contributed by atoms with Crippen LogP contribution in [0.1, 0.15) is 34.3 Å². The van der Waals surface area contributed by atoms with Crippen molar-refractivity contribution >= 4 is 38.8 Å². The van der Waals surface area contributed by atoms with Gasteiger partial charge < -0.3 is 4.57 Å². The van der Waals surface area contributed by atoms with E-state index in [0.29, 0.717) is 0 Å². The Morgan fingerprint density at radius 3 is 2.13 bits per heavy atom. The van der Waals surface area contributed by atoms with Crippen LogP contribution in [0.15, 0.2) is 140 Å². The van der Waals surface area contributed by atoms with E-state index in [-0.39, 0.29) is 12.0 Å². The van der Waals surface area contributed by atoms with Crippen molar-refractivity contribution in [3.8, 4) is 28.1 Å². The molecule has 3 heteroatoms. The second kappa shape index (κ2) is 9.42. The lowest BCUT2D eigenvalue weighted by Crippen LogP contribution is -2.34. The number of hydrogen-bond donors (Lipinski definition) is 0. The molecule has 8 aromatic rings. The van der Waals surface area contributed by atoms with E-state index >= 15 is 0 Å². The van der Waals surface area contributed by atoms with Crippen molar-refractivity contribution in [1.29, 1.82) is 0 Å². The minimum atomic E-state index is 0.0430. The first kappa shape index (κ1) is 25.6. The van der Waals surface area contributed by atoms with Gasteiger partial charge in [-0.1, -0.05) is 115 Å². The molecule has 4 heterocycles. The van der Waals surface area contributed by atoms with Crippen molar-refractivity contribution in [2.45, 2.75) is 18.9 Å². The van der Waals surface area contributed by atoms with Gasteiger partial charge in [0, 0.05) is 38.9 Å². The quantitative estimate of drug-likeness (QED) is 0.169. The summed E-state index contributed by atoms with van der Waals surface area (Å²) < 4.78 is 7.48. The molecule has 3 nitrogen and oxygen atoms in total. The molecule has 218 valence electrons. The third-order valence-corrected chi connectivity index (χ3v) is 10.5.